The Bertz CT molecular complexity index is 579. The monoisotopic (exact) mass is 289 g/mol. The number of esters is 1. The summed E-state index contributed by atoms with van der Waals surface area (Å²) >= 11 is 0. The Morgan fingerprint density at radius 3 is 2.40 bits per heavy atom. The molecule has 0 radical (unpaired) electrons. The SMILES string of the molecule is COC(=O)C1(c2ccc(C(F)(F)F)c([N+](=O)[O-])c2)CC1. The van der Waals surface area contributed by atoms with E-state index in [2.05, 4.69) is 4.74 Å². The van der Waals surface area contributed by atoms with E-state index in [1.54, 1.807) is 0 Å². The number of alkyl halides is 3. The Kier molecular flexibility index (Phi) is 3.19. The molecule has 20 heavy (non-hydrogen) atoms. The van der Waals surface area contributed by atoms with Gasteiger partial charge in [-0.1, -0.05) is 6.07 Å². The molecule has 1 aliphatic carbocycles. The van der Waals surface area contributed by atoms with Gasteiger partial charge in [-0.25, -0.2) is 0 Å². The minimum absolute atomic E-state index is 0.184. The first kappa shape index (κ1) is 14.3. The fourth-order valence-electron chi connectivity index (χ4n) is 2.15. The van der Waals surface area contributed by atoms with Gasteiger partial charge in [0, 0.05) is 6.07 Å². The van der Waals surface area contributed by atoms with E-state index in [0.29, 0.717) is 18.9 Å². The zero-order valence-electron chi connectivity index (χ0n) is 10.4. The van der Waals surface area contributed by atoms with Gasteiger partial charge >= 0.3 is 12.1 Å². The normalized spacial score (nSPS) is 16.6. The zero-order valence-corrected chi connectivity index (χ0v) is 10.4. The summed E-state index contributed by atoms with van der Waals surface area (Å²) in [5.41, 5.74) is -3.23. The van der Waals surface area contributed by atoms with Crippen molar-refractivity contribution in [2.45, 2.75) is 24.4 Å². The Hall–Kier alpha value is -2.12. The molecule has 8 heteroatoms. The van der Waals surface area contributed by atoms with Gasteiger partial charge in [0.15, 0.2) is 0 Å². The van der Waals surface area contributed by atoms with E-state index in [1.165, 1.54) is 7.11 Å². The average Bonchev–Trinajstić information content (AvgIpc) is 3.17. The van der Waals surface area contributed by atoms with Gasteiger partial charge in [-0.3, -0.25) is 14.9 Å². The number of hydrogen-bond acceptors (Lipinski definition) is 4. The summed E-state index contributed by atoms with van der Waals surface area (Å²) in [6.07, 6.45) is -4.01. The molecular weight excluding hydrogens is 279 g/mol. The maximum atomic E-state index is 12.7. The molecule has 0 aliphatic heterocycles. The van der Waals surface area contributed by atoms with Gasteiger partial charge in [0.2, 0.25) is 0 Å². The van der Waals surface area contributed by atoms with Crippen molar-refractivity contribution in [1.82, 2.24) is 0 Å². The van der Waals surface area contributed by atoms with E-state index < -0.39 is 33.7 Å². The van der Waals surface area contributed by atoms with Gasteiger partial charge in [-0.05, 0) is 24.5 Å². The second-order valence-corrected chi connectivity index (χ2v) is 4.56. The highest BCUT2D eigenvalue weighted by molar-refractivity contribution is 5.86. The van der Waals surface area contributed by atoms with Crippen LogP contribution in [0.15, 0.2) is 18.2 Å². The predicted molar refractivity (Wildman–Crippen MR) is 61.0 cm³/mol. The van der Waals surface area contributed by atoms with Crippen molar-refractivity contribution in [3.8, 4) is 0 Å². The van der Waals surface area contributed by atoms with Crippen molar-refractivity contribution >= 4 is 11.7 Å². The molecule has 0 atom stereocenters. The van der Waals surface area contributed by atoms with E-state index in [1.807, 2.05) is 0 Å². The van der Waals surface area contributed by atoms with Gasteiger partial charge < -0.3 is 4.74 Å². The van der Waals surface area contributed by atoms with Crippen LogP contribution < -0.4 is 0 Å². The number of hydrogen-bond donors (Lipinski definition) is 0. The molecule has 5 nitrogen and oxygen atoms in total. The summed E-state index contributed by atoms with van der Waals surface area (Å²) in [6.45, 7) is 0. The third-order valence-corrected chi connectivity index (χ3v) is 3.38. The number of methoxy groups -OCH3 is 1. The standard InChI is InChI=1S/C12H10F3NO4/c1-20-10(17)11(4-5-11)7-2-3-8(12(13,14)15)9(6-7)16(18)19/h2-3,6H,4-5H2,1H3. The maximum Gasteiger partial charge on any atom is 0.422 e. The molecule has 108 valence electrons. The minimum Gasteiger partial charge on any atom is -0.468 e. The van der Waals surface area contributed by atoms with E-state index in [-0.39, 0.29) is 5.56 Å². The fourth-order valence-corrected chi connectivity index (χ4v) is 2.15. The highest BCUT2D eigenvalue weighted by Crippen LogP contribution is 2.50. The summed E-state index contributed by atoms with van der Waals surface area (Å²) < 4.78 is 42.6. The average molecular weight is 289 g/mol. The van der Waals surface area contributed by atoms with Crippen molar-refractivity contribution in [1.29, 1.82) is 0 Å². The smallest absolute Gasteiger partial charge is 0.422 e. The molecule has 1 aromatic rings. The van der Waals surface area contributed by atoms with Crippen LogP contribution in [0.3, 0.4) is 0 Å². The van der Waals surface area contributed by atoms with Gasteiger partial charge in [0.25, 0.3) is 5.69 Å². The molecule has 0 spiro atoms. The Morgan fingerprint density at radius 2 is 2.00 bits per heavy atom. The number of rotatable bonds is 3. The van der Waals surface area contributed by atoms with Crippen molar-refractivity contribution in [3.63, 3.8) is 0 Å². The third kappa shape index (κ3) is 2.21. The topological polar surface area (TPSA) is 69.4 Å². The summed E-state index contributed by atoms with van der Waals surface area (Å²) in [6, 6.07) is 2.54. The molecule has 0 heterocycles. The van der Waals surface area contributed by atoms with Crippen molar-refractivity contribution < 1.29 is 27.6 Å². The molecule has 1 fully saturated rings. The molecular formula is C12H10F3NO4. The number of ether oxygens (including phenoxy) is 1. The number of nitro groups is 1. The molecule has 0 aromatic heterocycles. The van der Waals surface area contributed by atoms with Crippen LogP contribution in [-0.4, -0.2) is 18.0 Å². The van der Waals surface area contributed by atoms with Gasteiger partial charge in [-0.2, -0.15) is 13.2 Å². The predicted octanol–water partition coefficient (Wildman–Crippen LogP) is 2.82. The highest BCUT2D eigenvalue weighted by atomic mass is 19.4. The first-order valence-electron chi connectivity index (χ1n) is 5.67. The van der Waals surface area contributed by atoms with Crippen LogP contribution in [0, 0.1) is 10.1 Å². The third-order valence-electron chi connectivity index (χ3n) is 3.38. The van der Waals surface area contributed by atoms with E-state index in [0.717, 1.165) is 12.1 Å². The Morgan fingerprint density at radius 1 is 1.40 bits per heavy atom. The highest BCUT2D eigenvalue weighted by Gasteiger charge is 2.53. The largest absolute Gasteiger partial charge is 0.468 e. The van der Waals surface area contributed by atoms with E-state index >= 15 is 0 Å². The Labute approximate surface area is 111 Å². The van der Waals surface area contributed by atoms with Gasteiger partial charge in [0.05, 0.1) is 17.4 Å². The van der Waals surface area contributed by atoms with Gasteiger partial charge in [-0.15, -0.1) is 0 Å². The summed E-state index contributed by atoms with van der Waals surface area (Å²) in [7, 11) is 1.17. The summed E-state index contributed by atoms with van der Waals surface area (Å²) in [5, 5.41) is 10.8. The second-order valence-electron chi connectivity index (χ2n) is 4.56. The summed E-state index contributed by atoms with van der Waals surface area (Å²) in [5.74, 6) is -0.591. The van der Waals surface area contributed by atoms with Crippen LogP contribution in [0.5, 0.6) is 0 Å². The molecule has 0 unspecified atom stereocenters. The molecule has 1 aliphatic rings. The molecule has 0 amide bonds. The quantitative estimate of drug-likeness (QED) is 0.487. The van der Waals surface area contributed by atoms with E-state index in [9.17, 15) is 28.1 Å². The van der Waals surface area contributed by atoms with Crippen molar-refractivity contribution in [2.75, 3.05) is 7.11 Å². The lowest BCUT2D eigenvalue weighted by Gasteiger charge is -2.14. The fraction of sp³-hybridized carbons (Fsp3) is 0.417. The van der Waals surface area contributed by atoms with Crippen LogP contribution in [-0.2, 0) is 21.1 Å². The number of carbonyl (C=O) groups is 1. The lowest BCUT2D eigenvalue weighted by molar-refractivity contribution is -0.388. The zero-order chi connectivity index (χ0) is 15.1. The van der Waals surface area contributed by atoms with Crippen LogP contribution in [0.1, 0.15) is 24.0 Å². The molecule has 1 saturated carbocycles. The first-order valence-corrected chi connectivity index (χ1v) is 5.67. The van der Waals surface area contributed by atoms with Crippen LogP contribution in [0.2, 0.25) is 0 Å². The first-order chi connectivity index (χ1) is 9.22. The van der Waals surface area contributed by atoms with Crippen molar-refractivity contribution in [3.05, 3.63) is 39.4 Å². The van der Waals surface area contributed by atoms with Crippen molar-refractivity contribution in [2.24, 2.45) is 0 Å². The van der Waals surface area contributed by atoms with Gasteiger partial charge in [0.1, 0.15) is 5.56 Å². The van der Waals surface area contributed by atoms with Crippen LogP contribution in [0.25, 0.3) is 0 Å². The number of benzene rings is 1. The number of nitro benzene ring substituents is 1. The molecule has 1 aromatic carbocycles. The van der Waals surface area contributed by atoms with E-state index in [4.69, 9.17) is 0 Å². The lowest BCUT2D eigenvalue weighted by Crippen LogP contribution is -2.22. The minimum atomic E-state index is -4.82. The van der Waals surface area contributed by atoms with Crippen LogP contribution in [0.4, 0.5) is 18.9 Å². The molecule has 0 N–H and O–H groups in total. The van der Waals surface area contributed by atoms with Crippen LogP contribution >= 0.6 is 0 Å². The Balaban J connectivity index is 2.52. The molecule has 0 saturated heterocycles. The number of halogens is 3. The number of carbonyl (C=O) groups excluding carboxylic acids is 1. The second kappa shape index (κ2) is 4.46. The lowest BCUT2D eigenvalue weighted by atomic mass is 9.94. The maximum absolute atomic E-state index is 12.7. The molecule has 2 rings (SSSR count). The molecule has 0 bridgehead atoms. The number of nitrogens with zero attached hydrogens (tertiary/aromatic N) is 1. The summed E-state index contributed by atoms with van der Waals surface area (Å²) in [4.78, 5) is 21.3.